The number of carbonyl (C=O) groups excluding carboxylic acids is 2. The molecule has 2 aromatic rings. The topological polar surface area (TPSA) is 114 Å². The van der Waals surface area contributed by atoms with E-state index < -0.39 is 41.8 Å². The third kappa shape index (κ3) is 9.33. The van der Waals surface area contributed by atoms with E-state index in [0.717, 1.165) is 11.1 Å². The summed E-state index contributed by atoms with van der Waals surface area (Å²) in [6.45, 7) is 6.97. The maximum atomic E-state index is 13.1. The Labute approximate surface area is 194 Å². The van der Waals surface area contributed by atoms with E-state index in [1.165, 1.54) is 0 Å². The first kappa shape index (κ1) is 25.9. The zero-order chi connectivity index (χ0) is 24.4. The van der Waals surface area contributed by atoms with Crippen LogP contribution in [0.3, 0.4) is 0 Å². The SMILES string of the molecule is CC(OCc1ccccc1)C(NC(=O)OC(C)(C)C)C(=O)NC(Cc1ccccc1)C(=O)O. The third-order valence-electron chi connectivity index (χ3n) is 4.68. The molecule has 0 saturated heterocycles. The van der Waals surface area contributed by atoms with Crippen LogP contribution in [0.25, 0.3) is 0 Å². The lowest BCUT2D eigenvalue weighted by Gasteiger charge is -2.28. The van der Waals surface area contributed by atoms with Crippen molar-refractivity contribution in [3.8, 4) is 0 Å². The zero-order valence-electron chi connectivity index (χ0n) is 19.4. The predicted molar refractivity (Wildman–Crippen MR) is 124 cm³/mol. The van der Waals surface area contributed by atoms with E-state index in [-0.39, 0.29) is 13.0 Å². The van der Waals surface area contributed by atoms with Gasteiger partial charge in [0.2, 0.25) is 5.91 Å². The van der Waals surface area contributed by atoms with E-state index in [1.54, 1.807) is 52.0 Å². The highest BCUT2D eigenvalue weighted by molar-refractivity contribution is 5.89. The van der Waals surface area contributed by atoms with Crippen molar-refractivity contribution in [1.29, 1.82) is 0 Å². The molecule has 8 nitrogen and oxygen atoms in total. The van der Waals surface area contributed by atoms with Crippen molar-refractivity contribution in [3.05, 3.63) is 71.8 Å². The molecule has 33 heavy (non-hydrogen) atoms. The summed E-state index contributed by atoms with van der Waals surface area (Å²) in [5, 5.41) is 14.7. The first-order valence-electron chi connectivity index (χ1n) is 10.8. The lowest BCUT2D eigenvalue weighted by atomic mass is 10.0. The van der Waals surface area contributed by atoms with E-state index in [1.807, 2.05) is 36.4 Å². The van der Waals surface area contributed by atoms with Crippen molar-refractivity contribution in [2.75, 3.05) is 0 Å². The van der Waals surface area contributed by atoms with E-state index in [9.17, 15) is 19.5 Å². The normalized spacial score (nSPS) is 13.9. The molecule has 2 amide bonds. The number of benzene rings is 2. The van der Waals surface area contributed by atoms with Gasteiger partial charge in [-0.05, 0) is 38.8 Å². The Bertz CT molecular complexity index is 911. The standard InChI is InChI=1S/C25H32N2O6/c1-17(32-16-19-13-9-6-10-14-19)21(27-24(31)33-25(2,3)4)22(28)26-20(23(29)30)15-18-11-7-5-8-12-18/h5-14,17,20-21H,15-16H2,1-4H3,(H,26,28)(H,27,31)(H,29,30). The van der Waals surface area contributed by atoms with Crippen LogP contribution in [0.1, 0.15) is 38.8 Å². The molecule has 0 saturated carbocycles. The van der Waals surface area contributed by atoms with Crippen molar-refractivity contribution in [2.24, 2.45) is 0 Å². The van der Waals surface area contributed by atoms with Gasteiger partial charge in [-0.25, -0.2) is 9.59 Å². The second kappa shape index (κ2) is 12.0. The Morgan fingerprint density at radius 2 is 1.45 bits per heavy atom. The number of carbonyl (C=O) groups is 3. The van der Waals surface area contributed by atoms with Crippen LogP contribution in [-0.4, -0.2) is 46.9 Å². The van der Waals surface area contributed by atoms with Crippen LogP contribution in [0.2, 0.25) is 0 Å². The van der Waals surface area contributed by atoms with Crippen molar-refractivity contribution in [1.82, 2.24) is 10.6 Å². The monoisotopic (exact) mass is 456 g/mol. The fraction of sp³-hybridized carbons (Fsp3) is 0.400. The van der Waals surface area contributed by atoms with Gasteiger partial charge in [0.1, 0.15) is 17.7 Å². The average Bonchev–Trinajstić information content (AvgIpc) is 2.75. The molecule has 3 atom stereocenters. The fourth-order valence-electron chi connectivity index (χ4n) is 3.04. The number of rotatable bonds is 10. The predicted octanol–water partition coefficient (Wildman–Crippen LogP) is 3.30. The Morgan fingerprint density at radius 3 is 1.97 bits per heavy atom. The molecule has 0 radical (unpaired) electrons. The van der Waals surface area contributed by atoms with Gasteiger partial charge < -0.3 is 25.2 Å². The highest BCUT2D eigenvalue weighted by Gasteiger charge is 2.32. The molecule has 0 aliphatic heterocycles. The molecule has 0 fully saturated rings. The Kier molecular flexibility index (Phi) is 9.42. The number of hydrogen-bond acceptors (Lipinski definition) is 5. The van der Waals surface area contributed by atoms with Gasteiger partial charge in [-0.3, -0.25) is 4.79 Å². The summed E-state index contributed by atoms with van der Waals surface area (Å²) in [6.07, 6.45) is -1.46. The highest BCUT2D eigenvalue weighted by Crippen LogP contribution is 2.11. The van der Waals surface area contributed by atoms with Crippen LogP contribution in [0.15, 0.2) is 60.7 Å². The summed E-state index contributed by atoms with van der Waals surface area (Å²) in [7, 11) is 0. The van der Waals surface area contributed by atoms with Gasteiger partial charge in [-0.1, -0.05) is 60.7 Å². The average molecular weight is 457 g/mol. The molecular formula is C25H32N2O6. The third-order valence-corrected chi connectivity index (χ3v) is 4.68. The zero-order valence-corrected chi connectivity index (χ0v) is 19.4. The molecule has 0 aliphatic carbocycles. The number of alkyl carbamates (subject to hydrolysis) is 1. The van der Waals surface area contributed by atoms with E-state index >= 15 is 0 Å². The van der Waals surface area contributed by atoms with Crippen LogP contribution in [0.4, 0.5) is 4.79 Å². The number of carboxylic acid groups (broad SMARTS) is 1. The van der Waals surface area contributed by atoms with Gasteiger partial charge in [0.05, 0.1) is 12.7 Å². The summed E-state index contributed by atoms with van der Waals surface area (Å²) in [6, 6.07) is 16.0. The number of aliphatic carboxylic acids is 1. The Hall–Kier alpha value is -3.39. The largest absolute Gasteiger partial charge is 0.480 e. The van der Waals surface area contributed by atoms with Crippen LogP contribution in [0.5, 0.6) is 0 Å². The number of hydrogen-bond donors (Lipinski definition) is 3. The molecule has 0 spiro atoms. The fourth-order valence-corrected chi connectivity index (χ4v) is 3.04. The first-order chi connectivity index (χ1) is 15.5. The summed E-state index contributed by atoms with van der Waals surface area (Å²) in [5.74, 6) is -1.86. The van der Waals surface area contributed by atoms with Gasteiger partial charge in [0.25, 0.3) is 0 Å². The molecule has 8 heteroatoms. The Morgan fingerprint density at radius 1 is 0.909 bits per heavy atom. The van der Waals surface area contributed by atoms with E-state index in [2.05, 4.69) is 10.6 Å². The number of nitrogens with one attached hydrogen (secondary N) is 2. The second-order valence-corrected chi connectivity index (χ2v) is 8.71. The smallest absolute Gasteiger partial charge is 0.408 e. The molecule has 3 unspecified atom stereocenters. The van der Waals surface area contributed by atoms with Crippen LogP contribution < -0.4 is 10.6 Å². The van der Waals surface area contributed by atoms with Gasteiger partial charge in [-0.2, -0.15) is 0 Å². The van der Waals surface area contributed by atoms with E-state index in [0.29, 0.717) is 0 Å². The van der Waals surface area contributed by atoms with Crippen LogP contribution in [0, 0.1) is 0 Å². The van der Waals surface area contributed by atoms with Crippen molar-refractivity contribution >= 4 is 18.0 Å². The maximum absolute atomic E-state index is 13.1. The van der Waals surface area contributed by atoms with Gasteiger partial charge in [0, 0.05) is 6.42 Å². The Balaban J connectivity index is 2.13. The summed E-state index contributed by atoms with van der Waals surface area (Å²) in [5.41, 5.74) is 0.888. The minimum atomic E-state index is -1.18. The van der Waals surface area contributed by atoms with E-state index in [4.69, 9.17) is 9.47 Å². The molecule has 0 bridgehead atoms. The minimum Gasteiger partial charge on any atom is -0.480 e. The summed E-state index contributed by atoms with van der Waals surface area (Å²) in [4.78, 5) is 37.2. The lowest BCUT2D eigenvalue weighted by Crippen LogP contribution is -2.57. The molecule has 0 aromatic heterocycles. The van der Waals surface area contributed by atoms with Gasteiger partial charge in [-0.15, -0.1) is 0 Å². The van der Waals surface area contributed by atoms with Crippen molar-refractivity contribution < 1.29 is 29.0 Å². The van der Waals surface area contributed by atoms with Gasteiger partial charge >= 0.3 is 12.1 Å². The number of carboxylic acids is 1. The molecule has 2 rings (SSSR count). The molecule has 2 aromatic carbocycles. The molecular weight excluding hydrogens is 424 g/mol. The summed E-state index contributed by atoms with van der Waals surface area (Å²) >= 11 is 0. The molecule has 0 heterocycles. The van der Waals surface area contributed by atoms with Crippen molar-refractivity contribution in [3.63, 3.8) is 0 Å². The summed E-state index contributed by atoms with van der Waals surface area (Å²) < 4.78 is 11.1. The molecule has 178 valence electrons. The molecule has 0 aliphatic rings. The van der Waals surface area contributed by atoms with Gasteiger partial charge in [0.15, 0.2) is 0 Å². The number of amides is 2. The van der Waals surface area contributed by atoms with Crippen LogP contribution in [-0.2, 0) is 32.1 Å². The quantitative estimate of drug-likeness (QED) is 0.506. The van der Waals surface area contributed by atoms with Crippen LogP contribution >= 0.6 is 0 Å². The molecule has 3 N–H and O–H groups in total. The first-order valence-corrected chi connectivity index (χ1v) is 10.8. The maximum Gasteiger partial charge on any atom is 0.408 e. The highest BCUT2D eigenvalue weighted by atomic mass is 16.6. The number of ether oxygens (including phenoxy) is 2. The van der Waals surface area contributed by atoms with Crippen molar-refractivity contribution in [2.45, 2.75) is 64.5 Å². The minimum absolute atomic E-state index is 0.0975. The second-order valence-electron chi connectivity index (χ2n) is 8.71. The lowest BCUT2D eigenvalue weighted by molar-refractivity contribution is -0.142.